The highest BCUT2D eigenvalue weighted by atomic mass is 16.1. The summed E-state index contributed by atoms with van der Waals surface area (Å²) in [4.78, 5) is 45.5. The van der Waals surface area contributed by atoms with E-state index in [1.807, 2.05) is 72.8 Å². The first-order valence-corrected chi connectivity index (χ1v) is 13.1. The quantitative estimate of drug-likeness (QED) is 0.239. The van der Waals surface area contributed by atoms with Crippen molar-refractivity contribution >= 4 is 28.1 Å². The van der Waals surface area contributed by atoms with Crippen LogP contribution in [0.3, 0.4) is 0 Å². The number of carbonyl (C=O) groups is 3. The molecule has 8 rings (SSSR count). The van der Waals surface area contributed by atoms with Crippen LogP contribution in [0.5, 0.6) is 0 Å². The summed E-state index contributed by atoms with van der Waals surface area (Å²) in [5, 5.41) is 1.90. The van der Waals surface area contributed by atoms with Crippen molar-refractivity contribution in [2.45, 2.75) is 0 Å². The van der Waals surface area contributed by atoms with Gasteiger partial charge in [0.2, 0.25) is 0 Å². The monoisotopic (exact) mass is 513 g/mol. The fourth-order valence-electron chi connectivity index (χ4n) is 6.30. The van der Waals surface area contributed by atoms with E-state index < -0.39 is 0 Å². The number of aromatic nitrogens is 1. The number of nitrogens with zero attached hydrogens (tertiary/aromatic N) is 1. The van der Waals surface area contributed by atoms with Crippen molar-refractivity contribution in [2.75, 3.05) is 0 Å². The Balaban J connectivity index is 1.44. The fourth-order valence-corrected chi connectivity index (χ4v) is 6.30. The Bertz CT molecular complexity index is 2120. The van der Waals surface area contributed by atoms with Crippen LogP contribution in [0.1, 0.15) is 47.8 Å². The standard InChI is InChI=1S/C36H19NO3/c38-34-24-10-2-1-9-21(24)31-22(18-17-20-8-5-14-28(34)30(20)31)23-16-7-19-37-33(23)27-13-6-15-29-32(27)36(40)26-12-4-3-11-25(26)35(29)39/h1-19H. The topological polar surface area (TPSA) is 64.1 Å². The summed E-state index contributed by atoms with van der Waals surface area (Å²) in [7, 11) is 0. The molecule has 0 unspecified atom stereocenters. The Morgan fingerprint density at radius 2 is 0.950 bits per heavy atom. The van der Waals surface area contributed by atoms with Gasteiger partial charge in [-0.1, -0.05) is 103 Å². The highest BCUT2D eigenvalue weighted by Gasteiger charge is 2.33. The molecule has 0 radical (unpaired) electrons. The molecule has 5 aromatic carbocycles. The lowest BCUT2D eigenvalue weighted by Crippen LogP contribution is -2.21. The van der Waals surface area contributed by atoms with E-state index in [2.05, 4.69) is 6.07 Å². The minimum Gasteiger partial charge on any atom is -0.289 e. The van der Waals surface area contributed by atoms with Gasteiger partial charge in [0.1, 0.15) is 0 Å². The zero-order chi connectivity index (χ0) is 27.0. The minimum atomic E-state index is -0.185. The van der Waals surface area contributed by atoms with E-state index in [9.17, 15) is 14.4 Å². The Kier molecular flexibility index (Phi) is 4.64. The zero-order valence-electron chi connectivity index (χ0n) is 21.1. The summed E-state index contributed by atoms with van der Waals surface area (Å²) in [6.07, 6.45) is 1.71. The molecule has 0 spiro atoms. The van der Waals surface area contributed by atoms with Gasteiger partial charge in [0, 0.05) is 56.1 Å². The molecular formula is C36H19NO3. The number of fused-ring (bicyclic) bond motifs is 4. The molecule has 0 bridgehead atoms. The first-order valence-electron chi connectivity index (χ1n) is 13.1. The predicted octanol–water partition coefficient (Wildman–Crippen LogP) is 7.56. The summed E-state index contributed by atoms with van der Waals surface area (Å²) in [6, 6.07) is 33.8. The Hall–Kier alpha value is -5.48. The molecular weight excluding hydrogens is 494 g/mol. The van der Waals surface area contributed by atoms with Crippen LogP contribution >= 0.6 is 0 Å². The first-order chi connectivity index (χ1) is 19.6. The molecule has 0 fully saturated rings. The minimum absolute atomic E-state index is 0.0113. The van der Waals surface area contributed by atoms with E-state index in [4.69, 9.17) is 4.98 Å². The highest BCUT2D eigenvalue weighted by molar-refractivity contribution is 6.31. The largest absolute Gasteiger partial charge is 0.289 e. The van der Waals surface area contributed by atoms with Gasteiger partial charge < -0.3 is 0 Å². The molecule has 2 aliphatic carbocycles. The SMILES string of the molecule is O=C1c2ccccc2C(=O)c2c1cccc2-c1ncccc1-c1ccc2cccc3c2c1-c1ccccc1C3=O. The van der Waals surface area contributed by atoms with Crippen LogP contribution in [0.15, 0.2) is 115 Å². The molecule has 2 aliphatic rings. The summed E-state index contributed by atoms with van der Waals surface area (Å²) >= 11 is 0. The van der Waals surface area contributed by atoms with Crippen LogP contribution in [0, 0.1) is 0 Å². The number of hydrogen-bond donors (Lipinski definition) is 0. The van der Waals surface area contributed by atoms with E-state index >= 15 is 0 Å². The van der Waals surface area contributed by atoms with Gasteiger partial charge in [-0.05, 0) is 28.1 Å². The van der Waals surface area contributed by atoms with Gasteiger partial charge in [0.05, 0.1) is 5.69 Å². The van der Waals surface area contributed by atoms with Crippen molar-refractivity contribution in [3.8, 4) is 33.5 Å². The lowest BCUT2D eigenvalue weighted by molar-refractivity contribution is 0.0979. The third kappa shape index (κ3) is 2.96. The van der Waals surface area contributed by atoms with Crippen LogP contribution in [-0.4, -0.2) is 22.3 Å². The van der Waals surface area contributed by atoms with Crippen molar-refractivity contribution in [1.29, 1.82) is 0 Å². The average Bonchev–Trinajstić information content (AvgIpc) is 3.02. The molecule has 40 heavy (non-hydrogen) atoms. The zero-order valence-corrected chi connectivity index (χ0v) is 21.1. The predicted molar refractivity (Wildman–Crippen MR) is 155 cm³/mol. The van der Waals surface area contributed by atoms with Crippen molar-refractivity contribution in [3.05, 3.63) is 149 Å². The molecule has 1 aromatic heterocycles. The third-order valence-electron chi connectivity index (χ3n) is 8.04. The van der Waals surface area contributed by atoms with E-state index in [0.717, 1.165) is 33.0 Å². The Morgan fingerprint density at radius 1 is 0.375 bits per heavy atom. The van der Waals surface area contributed by atoms with Gasteiger partial charge >= 0.3 is 0 Å². The van der Waals surface area contributed by atoms with Crippen molar-refractivity contribution in [3.63, 3.8) is 0 Å². The van der Waals surface area contributed by atoms with Crippen molar-refractivity contribution in [1.82, 2.24) is 4.98 Å². The van der Waals surface area contributed by atoms with Gasteiger partial charge in [0.25, 0.3) is 0 Å². The number of hydrogen-bond acceptors (Lipinski definition) is 4. The summed E-state index contributed by atoms with van der Waals surface area (Å²) in [5.74, 6) is -0.338. The summed E-state index contributed by atoms with van der Waals surface area (Å²) in [5.41, 5.74) is 7.72. The molecule has 0 aliphatic heterocycles. The molecule has 0 saturated carbocycles. The molecule has 6 aromatic rings. The maximum absolute atomic E-state index is 13.8. The van der Waals surface area contributed by atoms with E-state index in [-0.39, 0.29) is 17.3 Å². The van der Waals surface area contributed by atoms with Crippen LogP contribution < -0.4 is 0 Å². The lowest BCUT2D eigenvalue weighted by Gasteiger charge is -2.24. The van der Waals surface area contributed by atoms with Crippen LogP contribution in [0.4, 0.5) is 0 Å². The molecule has 4 heteroatoms. The third-order valence-corrected chi connectivity index (χ3v) is 8.04. The van der Waals surface area contributed by atoms with Gasteiger partial charge in [-0.2, -0.15) is 0 Å². The number of pyridine rings is 1. The number of benzene rings is 5. The first kappa shape index (κ1) is 22.5. The molecule has 186 valence electrons. The van der Waals surface area contributed by atoms with Crippen LogP contribution in [-0.2, 0) is 0 Å². The van der Waals surface area contributed by atoms with E-state index in [0.29, 0.717) is 44.6 Å². The average molecular weight is 514 g/mol. The highest BCUT2D eigenvalue weighted by Crippen LogP contribution is 2.47. The molecule has 1 heterocycles. The van der Waals surface area contributed by atoms with Gasteiger partial charge in [-0.3, -0.25) is 19.4 Å². The lowest BCUT2D eigenvalue weighted by atomic mass is 9.78. The smallest absolute Gasteiger partial charge is 0.195 e. The molecule has 0 N–H and O–H groups in total. The van der Waals surface area contributed by atoms with E-state index in [1.165, 1.54) is 0 Å². The number of carbonyl (C=O) groups excluding carboxylic acids is 3. The maximum atomic E-state index is 13.8. The van der Waals surface area contributed by atoms with Crippen molar-refractivity contribution in [2.24, 2.45) is 0 Å². The second kappa shape index (κ2) is 8.26. The van der Waals surface area contributed by atoms with Crippen molar-refractivity contribution < 1.29 is 14.4 Å². The molecule has 0 saturated heterocycles. The number of rotatable bonds is 2. The van der Waals surface area contributed by atoms with Gasteiger partial charge in [-0.25, -0.2) is 0 Å². The Labute approximate surface area is 229 Å². The summed E-state index contributed by atoms with van der Waals surface area (Å²) < 4.78 is 0. The molecule has 4 nitrogen and oxygen atoms in total. The normalized spacial score (nSPS) is 13.2. The van der Waals surface area contributed by atoms with E-state index in [1.54, 1.807) is 36.5 Å². The van der Waals surface area contributed by atoms with Crippen LogP contribution in [0.2, 0.25) is 0 Å². The summed E-state index contributed by atoms with van der Waals surface area (Å²) in [6.45, 7) is 0. The second-order valence-corrected chi connectivity index (χ2v) is 10.1. The van der Waals surface area contributed by atoms with Gasteiger partial charge in [0.15, 0.2) is 17.3 Å². The maximum Gasteiger partial charge on any atom is 0.195 e. The number of ketones is 3. The molecule has 0 atom stereocenters. The van der Waals surface area contributed by atoms with Crippen LogP contribution in [0.25, 0.3) is 44.3 Å². The Morgan fingerprint density at radius 3 is 1.75 bits per heavy atom. The second-order valence-electron chi connectivity index (χ2n) is 10.1. The molecule has 0 amide bonds. The fraction of sp³-hybridized carbons (Fsp3) is 0. The van der Waals surface area contributed by atoms with Gasteiger partial charge in [-0.15, -0.1) is 0 Å².